The van der Waals surface area contributed by atoms with E-state index in [1.807, 2.05) is 17.9 Å². The molecule has 0 atom stereocenters. The number of carbonyl (C=O) groups is 1. The molecule has 1 aliphatic rings. The Morgan fingerprint density at radius 2 is 2.00 bits per heavy atom. The summed E-state index contributed by atoms with van der Waals surface area (Å²) in [5.41, 5.74) is 4.86. The molecule has 1 aromatic carbocycles. The minimum atomic E-state index is -0.00983. The van der Waals surface area contributed by atoms with Gasteiger partial charge in [-0.15, -0.1) is 11.8 Å². The van der Waals surface area contributed by atoms with E-state index in [1.54, 1.807) is 29.0 Å². The lowest BCUT2D eigenvalue weighted by Gasteiger charge is -2.29. The molecular formula is C22H25N5OS. The predicted molar refractivity (Wildman–Crippen MR) is 116 cm³/mol. The van der Waals surface area contributed by atoms with Crippen LogP contribution in [-0.2, 0) is 6.42 Å². The first-order valence-corrected chi connectivity index (χ1v) is 10.8. The molecule has 0 saturated carbocycles. The quantitative estimate of drug-likeness (QED) is 0.475. The molecule has 0 aliphatic carbocycles. The van der Waals surface area contributed by atoms with Gasteiger partial charge in [0, 0.05) is 23.5 Å². The maximum Gasteiger partial charge on any atom is 0.261 e. The van der Waals surface area contributed by atoms with Gasteiger partial charge >= 0.3 is 0 Å². The highest BCUT2D eigenvalue weighted by atomic mass is 32.2. The van der Waals surface area contributed by atoms with Gasteiger partial charge in [-0.3, -0.25) is 4.79 Å². The molecule has 1 amide bonds. The summed E-state index contributed by atoms with van der Waals surface area (Å²) < 4.78 is 1.72. The lowest BCUT2D eigenvalue weighted by atomic mass is 9.99. The minimum absolute atomic E-state index is 0.00983. The molecule has 0 spiro atoms. The van der Waals surface area contributed by atoms with Crippen LogP contribution in [0.1, 0.15) is 47.4 Å². The van der Waals surface area contributed by atoms with Gasteiger partial charge in [0.05, 0.1) is 17.5 Å². The fraction of sp³-hybridized carbons (Fsp3) is 0.364. The van der Waals surface area contributed by atoms with Crippen LogP contribution in [0.5, 0.6) is 0 Å². The zero-order chi connectivity index (χ0) is 20.5. The topological polar surface area (TPSA) is 63.9 Å². The van der Waals surface area contributed by atoms with Crippen LogP contribution < -0.4 is 4.90 Å². The zero-order valence-corrected chi connectivity index (χ0v) is 18.0. The van der Waals surface area contributed by atoms with Crippen LogP contribution in [0.3, 0.4) is 0 Å². The second-order valence-corrected chi connectivity index (χ2v) is 9.23. The second kappa shape index (κ2) is 7.99. The van der Waals surface area contributed by atoms with Gasteiger partial charge in [-0.2, -0.15) is 5.10 Å². The van der Waals surface area contributed by atoms with E-state index < -0.39 is 0 Å². The van der Waals surface area contributed by atoms with Crippen molar-refractivity contribution in [3.8, 4) is 5.82 Å². The molecule has 7 heteroatoms. The van der Waals surface area contributed by atoms with Crippen LogP contribution in [0, 0.1) is 13.8 Å². The van der Waals surface area contributed by atoms with Crippen molar-refractivity contribution in [2.45, 2.75) is 50.8 Å². The molecule has 0 bridgehead atoms. The van der Waals surface area contributed by atoms with Crippen molar-refractivity contribution in [2.75, 3.05) is 11.4 Å². The van der Waals surface area contributed by atoms with Crippen LogP contribution in [0.2, 0.25) is 0 Å². The van der Waals surface area contributed by atoms with Crippen LogP contribution in [0.4, 0.5) is 5.69 Å². The highest BCUT2D eigenvalue weighted by Gasteiger charge is 2.26. The van der Waals surface area contributed by atoms with Gasteiger partial charge in [0.2, 0.25) is 0 Å². The molecule has 6 nitrogen and oxygen atoms in total. The number of rotatable bonds is 4. The fourth-order valence-corrected chi connectivity index (χ4v) is 4.45. The van der Waals surface area contributed by atoms with E-state index in [-0.39, 0.29) is 5.91 Å². The monoisotopic (exact) mass is 407 g/mol. The van der Waals surface area contributed by atoms with Crippen molar-refractivity contribution >= 4 is 23.4 Å². The van der Waals surface area contributed by atoms with Crippen LogP contribution in [0.25, 0.3) is 5.82 Å². The van der Waals surface area contributed by atoms with Crippen LogP contribution >= 0.6 is 11.8 Å². The Morgan fingerprint density at radius 3 is 2.79 bits per heavy atom. The van der Waals surface area contributed by atoms with E-state index in [0.717, 1.165) is 35.8 Å². The second-order valence-electron chi connectivity index (χ2n) is 7.63. The normalized spacial score (nSPS) is 13.6. The Bertz CT molecular complexity index is 1060. The molecule has 3 aromatic rings. The summed E-state index contributed by atoms with van der Waals surface area (Å²) in [6.45, 7) is 8.98. The highest BCUT2D eigenvalue weighted by Crippen LogP contribution is 2.30. The van der Waals surface area contributed by atoms with Crippen LogP contribution in [0.15, 0.2) is 41.8 Å². The maximum absolute atomic E-state index is 13.4. The average Bonchev–Trinajstić information content (AvgIpc) is 3.08. The number of carbonyl (C=O) groups excluding carboxylic acids is 1. The Kier molecular flexibility index (Phi) is 5.41. The smallest absolute Gasteiger partial charge is 0.261 e. The average molecular weight is 408 g/mol. The highest BCUT2D eigenvalue weighted by molar-refractivity contribution is 7.99. The molecule has 2 aromatic heterocycles. The molecule has 4 rings (SSSR count). The minimum Gasteiger partial charge on any atom is -0.308 e. The number of anilines is 1. The number of benzene rings is 1. The summed E-state index contributed by atoms with van der Waals surface area (Å²) >= 11 is 1.67. The Balaban J connectivity index is 1.65. The number of amides is 1. The molecule has 0 fully saturated rings. The molecule has 29 heavy (non-hydrogen) atoms. The van der Waals surface area contributed by atoms with Crippen LogP contribution in [-0.4, -0.2) is 37.5 Å². The number of aromatic nitrogens is 4. The molecule has 0 saturated heterocycles. The van der Waals surface area contributed by atoms with Crippen molar-refractivity contribution in [3.05, 3.63) is 59.2 Å². The van der Waals surface area contributed by atoms with Gasteiger partial charge < -0.3 is 4.90 Å². The number of nitrogens with zero attached hydrogens (tertiary/aromatic N) is 5. The molecule has 0 radical (unpaired) electrons. The van der Waals surface area contributed by atoms with E-state index in [2.05, 4.69) is 54.0 Å². The predicted octanol–water partition coefficient (Wildman–Crippen LogP) is 4.37. The molecule has 0 unspecified atom stereocenters. The van der Waals surface area contributed by atoms with E-state index >= 15 is 0 Å². The largest absolute Gasteiger partial charge is 0.308 e. The number of hydrogen-bond acceptors (Lipinski definition) is 5. The summed E-state index contributed by atoms with van der Waals surface area (Å²) in [5.74, 6) is 0.666. The summed E-state index contributed by atoms with van der Waals surface area (Å²) in [4.78, 5) is 23.9. The first-order valence-electron chi connectivity index (χ1n) is 9.89. The summed E-state index contributed by atoms with van der Waals surface area (Å²) in [6.07, 6.45) is 5.18. The van der Waals surface area contributed by atoms with Gasteiger partial charge in [-0.1, -0.05) is 31.5 Å². The number of hydrogen-bond donors (Lipinski definition) is 0. The number of fused-ring (bicyclic) bond motifs is 1. The van der Waals surface area contributed by atoms with Crippen molar-refractivity contribution in [2.24, 2.45) is 0 Å². The third kappa shape index (κ3) is 3.92. The SMILES string of the molecule is Cc1ccc2c(c1)CCCN2C(=O)c1cnn(-c2cc(SC(C)C)ncn2)c1C. The van der Waals surface area contributed by atoms with Crippen molar-refractivity contribution in [1.82, 2.24) is 19.7 Å². The van der Waals surface area contributed by atoms with Gasteiger partial charge in [-0.25, -0.2) is 14.6 Å². The third-order valence-electron chi connectivity index (χ3n) is 5.04. The molecule has 0 N–H and O–H groups in total. The fourth-order valence-electron chi connectivity index (χ4n) is 3.68. The molecule has 3 heterocycles. The third-order valence-corrected chi connectivity index (χ3v) is 5.98. The van der Waals surface area contributed by atoms with Gasteiger partial charge in [0.15, 0.2) is 5.82 Å². The van der Waals surface area contributed by atoms with E-state index in [9.17, 15) is 4.79 Å². The Labute approximate surface area is 175 Å². The van der Waals surface area contributed by atoms with Gasteiger partial charge in [0.1, 0.15) is 11.4 Å². The lowest BCUT2D eigenvalue weighted by Crippen LogP contribution is -2.35. The Hall–Kier alpha value is -2.67. The van der Waals surface area contributed by atoms with Crippen molar-refractivity contribution in [3.63, 3.8) is 0 Å². The molecule has 150 valence electrons. The number of aryl methyl sites for hydroxylation is 2. The number of thioether (sulfide) groups is 1. The first kappa shape index (κ1) is 19.6. The molecule has 1 aliphatic heterocycles. The van der Waals surface area contributed by atoms with Crippen molar-refractivity contribution < 1.29 is 4.79 Å². The van der Waals surface area contributed by atoms with E-state index in [0.29, 0.717) is 16.6 Å². The summed E-state index contributed by atoms with van der Waals surface area (Å²) in [7, 11) is 0. The summed E-state index contributed by atoms with van der Waals surface area (Å²) in [5, 5.41) is 5.79. The van der Waals surface area contributed by atoms with Gasteiger partial charge in [0.25, 0.3) is 5.91 Å². The Morgan fingerprint density at radius 1 is 1.17 bits per heavy atom. The summed E-state index contributed by atoms with van der Waals surface area (Å²) in [6, 6.07) is 8.22. The molecular weight excluding hydrogens is 382 g/mol. The zero-order valence-electron chi connectivity index (χ0n) is 17.2. The van der Waals surface area contributed by atoms with E-state index in [1.165, 1.54) is 11.1 Å². The van der Waals surface area contributed by atoms with Crippen molar-refractivity contribution in [1.29, 1.82) is 0 Å². The van der Waals surface area contributed by atoms with E-state index in [4.69, 9.17) is 0 Å². The standard InChI is InChI=1S/C22H25N5OS/c1-14(2)29-21-11-20(23-13-24-21)27-16(4)18(12-25-27)22(28)26-9-5-6-17-10-15(3)7-8-19(17)26/h7-8,10-14H,5-6,9H2,1-4H3. The maximum atomic E-state index is 13.4. The lowest BCUT2D eigenvalue weighted by molar-refractivity contribution is 0.0984. The first-order chi connectivity index (χ1) is 13.9. The van der Waals surface area contributed by atoms with Gasteiger partial charge in [-0.05, 0) is 38.3 Å².